The van der Waals surface area contributed by atoms with E-state index in [-0.39, 0.29) is 0 Å². The molecule has 3 nitrogen and oxygen atoms in total. The summed E-state index contributed by atoms with van der Waals surface area (Å²) in [5, 5.41) is 8.81. The molecule has 1 heterocycles. The van der Waals surface area contributed by atoms with Crippen LogP contribution in [0.3, 0.4) is 0 Å². The number of thioether (sulfide) groups is 1. The molecule has 0 atom stereocenters. The Kier molecular flexibility index (Phi) is 3.63. The van der Waals surface area contributed by atoms with Crippen LogP contribution in [0.5, 0.6) is 0 Å². The van der Waals surface area contributed by atoms with Gasteiger partial charge in [0, 0.05) is 16.8 Å². The Hall–Kier alpha value is -1.99. The largest absolute Gasteiger partial charge is 0.397 e. The van der Waals surface area contributed by atoms with E-state index in [4.69, 9.17) is 11.0 Å². The van der Waals surface area contributed by atoms with Crippen LogP contribution in [0.4, 0.5) is 5.69 Å². The molecule has 0 aliphatic carbocycles. The van der Waals surface area contributed by atoms with Gasteiger partial charge in [-0.3, -0.25) is 4.98 Å². The first-order chi connectivity index (χ1) is 8.29. The Morgan fingerprint density at radius 1 is 1.35 bits per heavy atom. The Morgan fingerprint density at radius 2 is 2.24 bits per heavy atom. The summed E-state index contributed by atoms with van der Waals surface area (Å²) in [6.45, 7) is 0. The summed E-state index contributed by atoms with van der Waals surface area (Å²) in [6.07, 6.45) is 3.37. The molecule has 1 aromatic carbocycles. The zero-order chi connectivity index (χ0) is 12.1. The van der Waals surface area contributed by atoms with Crippen molar-refractivity contribution in [3.05, 3.63) is 53.9 Å². The number of nitrogens with two attached hydrogens (primary N) is 1. The highest BCUT2D eigenvalue weighted by Gasteiger charge is 2.01. The molecule has 0 saturated carbocycles. The zero-order valence-corrected chi connectivity index (χ0v) is 9.95. The fraction of sp³-hybridized carbons (Fsp3) is 0.0769. The van der Waals surface area contributed by atoms with Gasteiger partial charge in [0.05, 0.1) is 23.5 Å². The second-order valence-corrected chi connectivity index (χ2v) is 4.53. The number of nitriles is 1. The van der Waals surface area contributed by atoms with E-state index in [1.54, 1.807) is 30.2 Å². The lowest BCUT2D eigenvalue weighted by molar-refractivity contribution is 1.26. The van der Waals surface area contributed by atoms with E-state index in [2.05, 4.69) is 11.1 Å². The monoisotopic (exact) mass is 241 g/mol. The van der Waals surface area contributed by atoms with Crippen LogP contribution in [0.15, 0.2) is 47.6 Å². The van der Waals surface area contributed by atoms with E-state index in [1.807, 2.05) is 24.3 Å². The van der Waals surface area contributed by atoms with Crippen molar-refractivity contribution < 1.29 is 0 Å². The van der Waals surface area contributed by atoms with Crippen molar-refractivity contribution in [3.63, 3.8) is 0 Å². The molecule has 0 radical (unpaired) electrons. The zero-order valence-electron chi connectivity index (χ0n) is 9.13. The van der Waals surface area contributed by atoms with Crippen molar-refractivity contribution in [2.24, 2.45) is 0 Å². The second kappa shape index (κ2) is 5.37. The number of aromatic nitrogens is 1. The summed E-state index contributed by atoms with van der Waals surface area (Å²) in [5.41, 5.74) is 8.30. The minimum atomic E-state index is 0.686. The van der Waals surface area contributed by atoms with Crippen LogP contribution < -0.4 is 5.73 Å². The highest BCUT2D eigenvalue weighted by atomic mass is 32.2. The van der Waals surface area contributed by atoms with E-state index in [1.165, 1.54) is 0 Å². The first-order valence-electron chi connectivity index (χ1n) is 5.11. The van der Waals surface area contributed by atoms with Crippen LogP contribution in [0.2, 0.25) is 0 Å². The van der Waals surface area contributed by atoms with Gasteiger partial charge < -0.3 is 5.73 Å². The van der Waals surface area contributed by atoms with Gasteiger partial charge in [-0.15, -0.1) is 11.8 Å². The Bertz CT molecular complexity index is 561. The van der Waals surface area contributed by atoms with E-state index >= 15 is 0 Å². The summed E-state index contributed by atoms with van der Waals surface area (Å²) in [4.78, 5) is 4.96. The van der Waals surface area contributed by atoms with Gasteiger partial charge in [0.15, 0.2) is 0 Å². The number of hydrogen-bond donors (Lipinski definition) is 1. The first-order valence-corrected chi connectivity index (χ1v) is 6.09. The summed E-state index contributed by atoms with van der Waals surface area (Å²) >= 11 is 1.64. The number of rotatable bonds is 3. The molecule has 1 aromatic heterocycles. The van der Waals surface area contributed by atoms with Gasteiger partial charge in [-0.05, 0) is 23.8 Å². The second-order valence-electron chi connectivity index (χ2n) is 3.51. The van der Waals surface area contributed by atoms with Crippen molar-refractivity contribution in [1.29, 1.82) is 5.26 Å². The summed E-state index contributed by atoms with van der Waals surface area (Å²) in [5.74, 6) is 0.795. The molecule has 0 saturated heterocycles. The highest BCUT2D eigenvalue weighted by molar-refractivity contribution is 7.98. The number of anilines is 1. The maximum absolute atomic E-state index is 8.81. The van der Waals surface area contributed by atoms with Crippen molar-refractivity contribution in [2.75, 3.05) is 5.73 Å². The van der Waals surface area contributed by atoms with Gasteiger partial charge in [0.2, 0.25) is 0 Å². The van der Waals surface area contributed by atoms with Crippen LogP contribution in [-0.4, -0.2) is 4.98 Å². The number of nitrogen functional groups attached to an aromatic ring is 1. The van der Waals surface area contributed by atoms with E-state index < -0.39 is 0 Å². The maximum Gasteiger partial charge on any atom is 0.0991 e. The van der Waals surface area contributed by atoms with Crippen LogP contribution in [0.1, 0.15) is 11.1 Å². The molecule has 0 amide bonds. The fourth-order valence-electron chi connectivity index (χ4n) is 1.42. The number of pyridine rings is 1. The predicted octanol–water partition coefficient (Wildman–Crippen LogP) is 2.83. The average Bonchev–Trinajstić information content (AvgIpc) is 2.38. The van der Waals surface area contributed by atoms with Crippen molar-refractivity contribution in [2.45, 2.75) is 10.6 Å². The summed E-state index contributed by atoms with van der Waals surface area (Å²) in [7, 11) is 0. The molecular formula is C13H11N3S. The molecule has 0 aliphatic rings. The van der Waals surface area contributed by atoms with Gasteiger partial charge in [-0.2, -0.15) is 5.26 Å². The fourth-order valence-corrected chi connectivity index (χ4v) is 2.30. The van der Waals surface area contributed by atoms with Crippen LogP contribution >= 0.6 is 11.8 Å². The molecule has 0 aliphatic heterocycles. The van der Waals surface area contributed by atoms with Gasteiger partial charge in [-0.25, -0.2) is 0 Å². The molecule has 2 aromatic rings. The molecule has 2 N–H and O–H groups in total. The predicted molar refractivity (Wildman–Crippen MR) is 69.4 cm³/mol. The van der Waals surface area contributed by atoms with Crippen LogP contribution in [0, 0.1) is 11.3 Å². The Labute approximate surface area is 104 Å². The van der Waals surface area contributed by atoms with Crippen LogP contribution in [0.25, 0.3) is 0 Å². The summed E-state index contributed by atoms with van der Waals surface area (Å²) in [6, 6.07) is 11.6. The summed E-state index contributed by atoms with van der Waals surface area (Å²) < 4.78 is 0. The van der Waals surface area contributed by atoms with E-state index in [0.29, 0.717) is 11.3 Å². The topological polar surface area (TPSA) is 62.7 Å². The lowest BCUT2D eigenvalue weighted by atomic mass is 10.2. The Morgan fingerprint density at radius 3 is 3.00 bits per heavy atom. The molecule has 0 fully saturated rings. The van der Waals surface area contributed by atoms with E-state index in [0.717, 1.165) is 16.2 Å². The molecule has 84 valence electrons. The molecule has 4 heteroatoms. The number of hydrogen-bond acceptors (Lipinski definition) is 4. The third-order valence-corrected chi connectivity index (χ3v) is 3.42. The number of benzene rings is 1. The molecule has 0 bridgehead atoms. The van der Waals surface area contributed by atoms with Gasteiger partial charge >= 0.3 is 0 Å². The molecule has 0 unspecified atom stereocenters. The van der Waals surface area contributed by atoms with Gasteiger partial charge in [0.25, 0.3) is 0 Å². The highest BCUT2D eigenvalue weighted by Crippen LogP contribution is 2.27. The molecular weight excluding hydrogens is 230 g/mol. The normalized spacial score (nSPS) is 9.82. The first kappa shape index (κ1) is 11.5. The minimum Gasteiger partial charge on any atom is -0.397 e. The third-order valence-electron chi connectivity index (χ3n) is 2.26. The van der Waals surface area contributed by atoms with Crippen molar-refractivity contribution in [1.82, 2.24) is 4.98 Å². The maximum atomic E-state index is 8.81. The SMILES string of the molecule is N#Cc1cccc(CSc2ccncc2N)c1. The third kappa shape index (κ3) is 2.99. The lowest BCUT2D eigenvalue weighted by Crippen LogP contribution is -1.90. The van der Waals surface area contributed by atoms with E-state index in [9.17, 15) is 0 Å². The van der Waals surface area contributed by atoms with Crippen molar-refractivity contribution in [3.8, 4) is 6.07 Å². The van der Waals surface area contributed by atoms with Gasteiger partial charge in [-0.1, -0.05) is 12.1 Å². The lowest BCUT2D eigenvalue weighted by Gasteiger charge is -2.04. The Balaban J connectivity index is 2.08. The smallest absolute Gasteiger partial charge is 0.0991 e. The minimum absolute atomic E-state index is 0.686. The molecule has 0 spiro atoms. The molecule has 17 heavy (non-hydrogen) atoms. The average molecular weight is 241 g/mol. The van der Waals surface area contributed by atoms with Crippen molar-refractivity contribution >= 4 is 17.4 Å². The van der Waals surface area contributed by atoms with Gasteiger partial charge in [0.1, 0.15) is 0 Å². The standard InChI is InChI=1S/C13H11N3S/c14-7-10-2-1-3-11(6-10)9-17-13-4-5-16-8-12(13)15/h1-6,8H,9,15H2. The quantitative estimate of drug-likeness (QED) is 0.839. The number of nitrogens with zero attached hydrogens (tertiary/aromatic N) is 2. The van der Waals surface area contributed by atoms with Crippen LogP contribution in [-0.2, 0) is 5.75 Å². The molecule has 2 rings (SSSR count).